The van der Waals surface area contributed by atoms with Crippen LogP contribution in [-0.2, 0) is 23.8 Å². The Hall–Kier alpha value is -0.930. The molecule has 6 nitrogen and oxygen atoms in total. The zero-order chi connectivity index (χ0) is 25.2. The molecule has 0 aromatic rings. The van der Waals surface area contributed by atoms with Crippen LogP contribution in [0.1, 0.15) is 80.1 Å². The molecule has 0 radical (unpaired) electrons. The molecule has 1 aliphatic heterocycles. The maximum Gasteiger partial charge on any atom is 0.303 e. The molecule has 7 heteroatoms. The Labute approximate surface area is 225 Å². The highest BCUT2D eigenvalue weighted by atomic mass is 127. The Morgan fingerprint density at radius 3 is 2.35 bits per heavy atom. The molecule has 34 heavy (non-hydrogen) atoms. The topological polar surface area (TPSA) is 61.8 Å². The van der Waals surface area contributed by atoms with Gasteiger partial charge in [-0.15, -0.1) is 0 Å². The van der Waals surface area contributed by atoms with Gasteiger partial charge < -0.3 is 42.7 Å². The standard InChI is InChI=1S/C27H48NO5.HI/c1-20(2)12-14-25(28(7,8)9)21(3)11-10-17-27(6)26(33-23(5)30)15-13-24(19-32-27)16-18-31-22(4)29;/h12,16,21,25-26H,10-11,13-15,17-19H2,1-9H3;1H/q+1;/p-1/t21?,25?,26-,27+;/m1./s1. The summed E-state index contributed by atoms with van der Waals surface area (Å²) in [6.07, 6.45) is 9.45. The number of allylic oxidation sites excluding steroid dienone is 1. The fourth-order valence-electron chi connectivity index (χ4n) is 4.74. The summed E-state index contributed by atoms with van der Waals surface area (Å²) < 4.78 is 18.1. The number of halogens is 1. The van der Waals surface area contributed by atoms with Gasteiger partial charge in [0.2, 0.25) is 0 Å². The van der Waals surface area contributed by atoms with Gasteiger partial charge in [-0.2, -0.15) is 0 Å². The summed E-state index contributed by atoms with van der Waals surface area (Å²) in [5, 5.41) is 0. The second-order valence-corrected chi connectivity index (χ2v) is 11.0. The number of nitrogens with zero attached hydrogens (tertiary/aromatic N) is 1. The van der Waals surface area contributed by atoms with Gasteiger partial charge in [-0.3, -0.25) is 9.59 Å². The molecule has 0 aliphatic carbocycles. The number of quaternary nitrogens is 1. The molecule has 1 heterocycles. The first kappa shape index (κ1) is 33.1. The average molecular weight is 594 g/mol. The van der Waals surface area contributed by atoms with Crippen LogP contribution in [-0.4, -0.2) is 68.5 Å². The highest BCUT2D eigenvalue weighted by Crippen LogP contribution is 2.34. The van der Waals surface area contributed by atoms with Crippen LogP contribution < -0.4 is 24.0 Å². The summed E-state index contributed by atoms with van der Waals surface area (Å²) in [4.78, 5) is 22.8. The summed E-state index contributed by atoms with van der Waals surface area (Å²) in [5.41, 5.74) is 1.91. The summed E-state index contributed by atoms with van der Waals surface area (Å²) in [7, 11) is 6.82. The molecule has 2 unspecified atom stereocenters. The zero-order valence-corrected chi connectivity index (χ0v) is 25.1. The Morgan fingerprint density at radius 1 is 1.18 bits per heavy atom. The first-order valence-corrected chi connectivity index (χ1v) is 12.3. The minimum absolute atomic E-state index is 0. The third kappa shape index (κ3) is 12.2. The smallest absolute Gasteiger partial charge is 0.303 e. The molecule has 0 aromatic carbocycles. The molecule has 0 spiro atoms. The van der Waals surface area contributed by atoms with Crippen molar-refractivity contribution < 1.29 is 52.3 Å². The minimum Gasteiger partial charge on any atom is -1.00 e. The van der Waals surface area contributed by atoms with Gasteiger partial charge >= 0.3 is 11.9 Å². The largest absolute Gasteiger partial charge is 1.00 e. The van der Waals surface area contributed by atoms with E-state index in [2.05, 4.69) is 54.9 Å². The van der Waals surface area contributed by atoms with Crippen LogP contribution in [0.25, 0.3) is 0 Å². The average Bonchev–Trinajstić information content (AvgIpc) is 2.80. The van der Waals surface area contributed by atoms with Crippen molar-refractivity contribution in [2.75, 3.05) is 34.4 Å². The molecule has 198 valence electrons. The maximum atomic E-state index is 11.8. The van der Waals surface area contributed by atoms with Gasteiger partial charge in [-0.25, -0.2) is 0 Å². The lowest BCUT2D eigenvalue weighted by Crippen LogP contribution is -3.00. The Kier molecular flexibility index (Phi) is 14.8. The van der Waals surface area contributed by atoms with E-state index < -0.39 is 5.60 Å². The second kappa shape index (κ2) is 15.2. The van der Waals surface area contributed by atoms with E-state index in [0.29, 0.717) is 25.0 Å². The van der Waals surface area contributed by atoms with Crippen LogP contribution in [0, 0.1) is 5.92 Å². The van der Waals surface area contributed by atoms with Crippen LogP contribution >= 0.6 is 0 Å². The molecule has 1 aliphatic rings. The number of rotatable bonds is 11. The maximum absolute atomic E-state index is 11.8. The summed E-state index contributed by atoms with van der Waals surface area (Å²) in [5.74, 6) is -0.0152. The van der Waals surface area contributed by atoms with Gasteiger partial charge in [0.1, 0.15) is 18.3 Å². The van der Waals surface area contributed by atoms with Crippen molar-refractivity contribution in [1.29, 1.82) is 0 Å². The van der Waals surface area contributed by atoms with E-state index >= 15 is 0 Å². The van der Waals surface area contributed by atoms with Crippen LogP contribution in [0.4, 0.5) is 0 Å². The molecule has 4 atom stereocenters. The Bertz CT molecular complexity index is 708. The quantitative estimate of drug-likeness (QED) is 0.159. The van der Waals surface area contributed by atoms with Crippen molar-refractivity contribution in [3.63, 3.8) is 0 Å². The SMILES string of the molecule is CC(=O)OCC=C1CC[C@@H](OC(C)=O)[C@](C)(CCCC(C)C(CC=C(C)C)[N+](C)(C)C)OC1.[I-]. The van der Waals surface area contributed by atoms with Crippen molar-refractivity contribution >= 4 is 11.9 Å². The Balaban J connectivity index is 0.0000109. The summed E-state index contributed by atoms with van der Waals surface area (Å²) in [6, 6.07) is 0.544. The number of ether oxygens (including phenoxy) is 3. The van der Waals surface area contributed by atoms with Crippen molar-refractivity contribution in [3.05, 3.63) is 23.3 Å². The van der Waals surface area contributed by atoms with Gasteiger partial charge in [0.25, 0.3) is 0 Å². The number of hydrogen-bond acceptors (Lipinski definition) is 5. The third-order valence-electron chi connectivity index (χ3n) is 6.71. The molecular formula is C27H48INO5. The van der Waals surface area contributed by atoms with E-state index in [1.165, 1.54) is 19.4 Å². The number of carbonyl (C=O) groups is 2. The fraction of sp³-hybridized carbons (Fsp3) is 0.778. The van der Waals surface area contributed by atoms with Gasteiger partial charge in [0.15, 0.2) is 0 Å². The number of esters is 2. The molecule has 0 bridgehead atoms. The van der Waals surface area contributed by atoms with E-state index in [-0.39, 0.29) is 48.6 Å². The zero-order valence-electron chi connectivity index (χ0n) is 22.9. The molecular weight excluding hydrogens is 545 g/mol. The van der Waals surface area contributed by atoms with E-state index in [1.807, 2.05) is 6.08 Å². The number of hydrogen-bond donors (Lipinski definition) is 0. The second-order valence-electron chi connectivity index (χ2n) is 11.0. The molecule has 1 rings (SSSR count). The highest BCUT2D eigenvalue weighted by molar-refractivity contribution is 5.66. The molecule has 1 fully saturated rings. The third-order valence-corrected chi connectivity index (χ3v) is 6.71. The summed E-state index contributed by atoms with van der Waals surface area (Å²) in [6.45, 7) is 12.3. The van der Waals surface area contributed by atoms with Crippen LogP contribution in [0.2, 0.25) is 0 Å². The van der Waals surface area contributed by atoms with E-state index in [1.54, 1.807) is 0 Å². The van der Waals surface area contributed by atoms with Crippen LogP contribution in [0.5, 0.6) is 0 Å². The molecule has 0 amide bonds. The first-order valence-electron chi connectivity index (χ1n) is 12.3. The van der Waals surface area contributed by atoms with E-state index in [4.69, 9.17) is 14.2 Å². The predicted molar refractivity (Wildman–Crippen MR) is 133 cm³/mol. The predicted octanol–water partition coefficient (Wildman–Crippen LogP) is 2.22. The van der Waals surface area contributed by atoms with Crippen LogP contribution in [0.15, 0.2) is 23.3 Å². The normalized spacial score (nSPS) is 23.8. The van der Waals surface area contributed by atoms with E-state index in [9.17, 15) is 9.59 Å². The van der Waals surface area contributed by atoms with Crippen molar-refractivity contribution in [3.8, 4) is 0 Å². The van der Waals surface area contributed by atoms with E-state index in [0.717, 1.165) is 42.2 Å². The highest BCUT2D eigenvalue weighted by Gasteiger charge is 2.40. The van der Waals surface area contributed by atoms with Gasteiger partial charge in [0, 0.05) is 26.2 Å². The Morgan fingerprint density at radius 2 is 1.82 bits per heavy atom. The lowest BCUT2D eigenvalue weighted by molar-refractivity contribution is -0.899. The van der Waals surface area contributed by atoms with Gasteiger partial charge in [-0.1, -0.05) is 18.6 Å². The monoisotopic (exact) mass is 593 g/mol. The van der Waals surface area contributed by atoms with Crippen molar-refractivity contribution in [2.45, 2.75) is 97.8 Å². The van der Waals surface area contributed by atoms with Crippen molar-refractivity contribution in [2.24, 2.45) is 5.92 Å². The molecule has 0 N–H and O–H groups in total. The minimum atomic E-state index is -0.533. The fourth-order valence-corrected chi connectivity index (χ4v) is 4.74. The van der Waals surface area contributed by atoms with Crippen molar-refractivity contribution in [1.82, 2.24) is 0 Å². The lowest BCUT2D eigenvalue weighted by Gasteiger charge is -2.39. The molecule has 0 saturated carbocycles. The van der Waals surface area contributed by atoms with Gasteiger partial charge in [-0.05, 0) is 64.5 Å². The molecule has 1 saturated heterocycles. The lowest BCUT2D eigenvalue weighted by atomic mass is 9.85. The number of carbonyl (C=O) groups excluding carboxylic acids is 2. The molecule has 0 aromatic heterocycles. The van der Waals surface area contributed by atoms with Crippen LogP contribution in [0.3, 0.4) is 0 Å². The van der Waals surface area contributed by atoms with Gasteiger partial charge in [0.05, 0.1) is 33.8 Å². The summed E-state index contributed by atoms with van der Waals surface area (Å²) >= 11 is 0. The first-order chi connectivity index (χ1) is 15.2.